The Kier molecular flexibility index (Phi) is 6.69. The van der Waals surface area contributed by atoms with Crippen LogP contribution in [0, 0.1) is 0 Å². The fourth-order valence-electron chi connectivity index (χ4n) is 5.79. The van der Waals surface area contributed by atoms with Gasteiger partial charge in [-0.2, -0.15) is 0 Å². The second-order valence-corrected chi connectivity index (χ2v) is 9.91. The molecule has 6 rings (SSSR count). The van der Waals surface area contributed by atoms with Gasteiger partial charge in [0.15, 0.2) is 0 Å². The number of carbonyl (C=O) groups excluding carboxylic acids is 2. The predicted molar refractivity (Wildman–Crippen MR) is 147 cm³/mol. The van der Waals surface area contributed by atoms with Crippen LogP contribution in [-0.4, -0.2) is 54.3 Å². The van der Waals surface area contributed by atoms with Gasteiger partial charge >= 0.3 is 0 Å². The fraction of sp³-hybridized carbons (Fsp3) is 0.250. The first-order valence-electron chi connectivity index (χ1n) is 13.3. The van der Waals surface area contributed by atoms with Crippen LogP contribution in [0.5, 0.6) is 0 Å². The van der Waals surface area contributed by atoms with Gasteiger partial charge in [-0.1, -0.05) is 66.7 Å². The standard InChI is InChI=1S/C32H31N3O3/c36-31-27-15-8-7-14-26(27)29(32(37)34-21-19-33(20-22-34)25-12-5-2-6-13-25)30(28-16-9-23-38-28)35(31)18-17-24-10-3-1-4-11-24/h1-16,23,29-30H,17-22H2/t29-,30+/m1/s1. The van der Waals surface area contributed by atoms with Gasteiger partial charge < -0.3 is 19.1 Å². The van der Waals surface area contributed by atoms with Crippen molar-refractivity contribution in [2.24, 2.45) is 0 Å². The molecule has 0 bridgehead atoms. The second-order valence-electron chi connectivity index (χ2n) is 9.91. The number of hydrogen-bond donors (Lipinski definition) is 0. The molecule has 6 heteroatoms. The Morgan fingerprint density at radius 2 is 1.47 bits per heavy atom. The minimum atomic E-state index is -0.533. The molecule has 2 amide bonds. The largest absolute Gasteiger partial charge is 0.467 e. The quantitative estimate of drug-likeness (QED) is 0.364. The Balaban J connectivity index is 1.32. The van der Waals surface area contributed by atoms with E-state index < -0.39 is 12.0 Å². The molecule has 2 aliphatic rings. The number of amides is 2. The molecule has 0 saturated carbocycles. The van der Waals surface area contributed by atoms with Crippen LogP contribution in [0.4, 0.5) is 5.69 Å². The molecule has 0 aliphatic carbocycles. The number of hydrogen-bond acceptors (Lipinski definition) is 4. The number of furan rings is 1. The number of fused-ring (bicyclic) bond motifs is 1. The fourth-order valence-corrected chi connectivity index (χ4v) is 5.79. The van der Waals surface area contributed by atoms with E-state index in [4.69, 9.17) is 4.42 Å². The summed E-state index contributed by atoms with van der Waals surface area (Å²) in [4.78, 5) is 34.3. The first-order chi connectivity index (χ1) is 18.7. The van der Waals surface area contributed by atoms with Gasteiger partial charge in [0.25, 0.3) is 5.91 Å². The van der Waals surface area contributed by atoms with Crippen LogP contribution in [0.2, 0.25) is 0 Å². The molecule has 1 saturated heterocycles. The highest BCUT2D eigenvalue weighted by Gasteiger charge is 2.46. The summed E-state index contributed by atoms with van der Waals surface area (Å²) in [6.45, 7) is 3.30. The molecule has 2 aliphatic heterocycles. The van der Waals surface area contributed by atoms with E-state index in [1.54, 1.807) is 6.26 Å². The maximum absolute atomic E-state index is 14.3. The number of carbonyl (C=O) groups is 2. The summed E-state index contributed by atoms with van der Waals surface area (Å²) in [5.74, 6) is 0.0935. The normalized spacial score (nSPS) is 19.4. The lowest BCUT2D eigenvalue weighted by atomic mass is 9.80. The molecule has 38 heavy (non-hydrogen) atoms. The van der Waals surface area contributed by atoms with E-state index in [1.807, 2.05) is 82.6 Å². The van der Waals surface area contributed by atoms with Crippen molar-refractivity contribution in [3.63, 3.8) is 0 Å². The summed E-state index contributed by atoms with van der Waals surface area (Å²) >= 11 is 0. The zero-order valence-electron chi connectivity index (χ0n) is 21.3. The molecule has 2 atom stereocenters. The minimum Gasteiger partial charge on any atom is -0.467 e. The average Bonchev–Trinajstić information content (AvgIpc) is 3.52. The SMILES string of the molecule is O=C([C@@H]1c2ccccc2C(=O)N(CCc2ccccc2)[C@H]1c1ccco1)N1CCN(c2ccccc2)CC1. The third-order valence-corrected chi connectivity index (χ3v) is 7.74. The van der Waals surface area contributed by atoms with Crippen LogP contribution in [0.15, 0.2) is 108 Å². The van der Waals surface area contributed by atoms with Crippen molar-refractivity contribution in [2.75, 3.05) is 37.6 Å². The Morgan fingerprint density at radius 3 is 2.18 bits per heavy atom. The van der Waals surface area contributed by atoms with Gasteiger partial charge in [-0.05, 0) is 47.9 Å². The maximum atomic E-state index is 14.3. The second kappa shape index (κ2) is 10.6. The number of para-hydroxylation sites is 1. The monoisotopic (exact) mass is 505 g/mol. The van der Waals surface area contributed by atoms with E-state index in [2.05, 4.69) is 29.2 Å². The van der Waals surface area contributed by atoms with Crippen LogP contribution in [0.3, 0.4) is 0 Å². The molecule has 3 heterocycles. The van der Waals surface area contributed by atoms with Crippen molar-refractivity contribution in [2.45, 2.75) is 18.4 Å². The lowest BCUT2D eigenvalue weighted by molar-refractivity contribution is -0.135. The molecule has 0 radical (unpaired) electrons. The Hall–Kier alpha value is -4.32. The third-order valence-electron chi connectivity index (χ3n) is 7.74. The molecule has 1 aromatic heterocycles. The lowest BCUT2D eigenvalue weighted by Gasteiger charge is -2.44. The van der Waals surface area contributed by atoms with Crippen LogP contribution < -0.4 is 4.90 Å². The number of anilines is 1. The van der Waals surface area contributed by atoms with Crippen LogP contribution >= 0.6 is 0 Å². The van der Waals surface area contributed by atoms with Gasteiger partial charge in [-0.3, -0.25) is 9.59 Å². The Bertz CT molecular complexity index is 1380. The summed E-state index contributed by atoms with van der Waals surface area (Å²) in [5, 5.41) is 0. The minimum absolute atomic E-state index is 0.0452. The molecule has 3 aromatic carbocycles. The average molecular weight is 506 g/mol. The topological polar surface area (TPSA) is 57.0 Å². The molecule has 0 spiro atoms. The Morgan fingerprint density at radius 1 is 0.789 bits per heavy atom. The van der Waals surface area contributed by atoms with Gasteiger partial charge in [0.05, 0.1) is 12.2 Å². The van der Waals surface area contributed by atoms with Gasteiger partial charge in [0.2, 0.25) is 5.91 Å². The predicted octanol–water partition coefficient (Wildman–Crippen LogP) is 5.15. The van der Waals surface area contributed by atoms with Gasteiger partial charge in [-0.15, -0.1) is 0 Å². The lowest BCUT2D eigenvalue weighted by Crippen LogP contribution is -2.53. The smallest absolute Gasteiger partial charge is 0.254 e. The van der Waals surface area contributed by atoms with E-state index in [0.29, 0.717) is 37.4 Å². The van der Waals surface area contributed by atoms with E-state index in [-0.39, 0.29) is 11.8 Å². The third kappa shape index (κ3) is 4.58. The van der Waals surface area contributed by atoms with E-state index >= 15 is 0 Å². The van der Waals surface area contributed by atoms with Crippen molar-refractivity contribution in [1.82, 2.24) is 9.80 Å². The number of benzene rings is 3. The van der Waals surface area contributed by atoms with Gasteiger partial charge in [0, 0.05) is 44.0 Å². The van der Waals surface area contributed by atoms with Crippen molar-refractivity contribution in [3.05, 3.63) is 126 Å². The molecule has 4 aromatic rings. The molecule has 0 N–H and O–H groups in total. The summed E-state index contributed by atoms with van der Waals surface area (Å²) in [5.41, 5.74) is 3.71. The molecule has 6 nitrogen and oxygen atoms in total. The van der Waals surface area contributed by atoms with Crippen molar-refractivity contribution < 1.29 is 14.0 Å². The maximum Gasteiger partial charge on any atom is 0.254 e. The van der Waals surface area contributed by atoms with Crippen LogP contribution in [0.1, 0.15) is 39.2 Å². The van der Waals surface area contributed by atoms with Crippen LogP contribution in [0.25, 0.3) is 0 Å². The molecular formula is C32H31N3O3. The summed E-state index contributed by atoms with van der Waals surface area (Å²) < 4.78 is 5.89. The van der Waals surface area contributed by atoms with Crippen molar-refractivity contribution in [3.8, 4) is 0 Å². The van der Waals surface area contributed by atoms with Gasteiger partial charge in [0.1, 0.15) is 11.8 Å². The van der Waals surface area contributed by atoms with E-state index in [9.17, 15) is 9.59 Å². The van der Waals surface area contributed by atoms with Gasteiger partial charge in [-0.25, -0.2) is 0 Å². The highest BCUT2D eigenvalue weighted by Crippen LogP contribution is 2.44. The number of piperazine rings is 1. The molecule has 192 valence electrons. The Labute approximate surface area is 223 Å². The first-order valence-corrected chi connectivity index (χ1v) is 13.3. The summed E-state index contributed by atoms with van der Waals surface area (Å²) in [6.07, 6.45) is 2.32. The van der Waals surface area contributed by atoms with Crippen LogP contribution in [-0.2, 0) is 11.2 Å². The van der Waals surface area contributed by atoms with E-state index in [1.165, 1.54) is 5.69 Å². The van der Waals surface area contributed by atoms with Crippen molar-refractivity contribution >= 4 is 17.5 Å². The zero-order chi connectivity index (χ0) is 25.9. The first kappa shape index (κ1) is 24.0. The molecular weight excluding hydrogens is 474 g/mol. The molecule has 0 unspecified atom stereocenters. The number of nitrogens with zero attached hydrogens (tertiary/aromatic N) is 3. The van der Waals surface area contributed by atoms with E-state index in [0.717, 1.165) is 24.2 Å². The molecule has 1 fully saturated rings. The summed E-state index contributed by atoms with van der Waals surface area (Å²) in [6, 6.07) is 31.2. The van der Waals surface area contributed by atoms with Crippen molar-refractivity contribution in [1.29, 1.82) is 0 Å². The highest BCUT2D eigenvalue weighted by molar-refractivity contribution is 6.01. The summed E-state index contributed by atoms with van der Waals surface area (Å²) in [7, 11) is 0. The zero-order valence-corrected chi connectivity index (χ0v) is 21.3. The number of rotatable bonds is 6. The highest BCUT2D eigenvalue weighted by atomic mass is 16.3.